The first-order valence-electron chi connectivity index (χ1n) is 18.9. The third-order valence-corrected chi connectivity index (χ3v) is 12.2. The summed E-state index contributed by atoms with van der Waals surface area (Å²) in [6.07, 6.45) is 5.68. The molecule has 8 rings (SSSR count). The van der Waals surface area contributed by atoms with Crippen molar-refractivity contribution in [2.75, 3.05) is 0 Å². The monoisotopic (exact) mass is 692 g/mol. The summed E-state index contributed by atoms with van der Waals surface area (Å²) >= 11 is 0. The fourth-order valence-electron chi connectivity index (χ4n) is 9.31. The van der Waals surface area contributed by atoms with E-state index in [-0.39, 0.29) is 53.1 Å². The molecular weight excluding hydrogens is 639 g/mol. The van der Waals surface area contributed by atoms with Crippen LogP contribution < -0.4 is 10.6 Å². The van der Waals surface area contributed by atoms with Gasteiger partial charge in [0.15, 0.2) is 0 Å². The summed E-state index contributed by atoms with van der Waals surface area (Å²) in [5.74, 6) is 0.677. The molecule has 1 saturated heterocycles. The van der Waals surface area contributed by atoms with Crippen LogP contribution in [-0.2, 0) is 25.4 Å². The quantitative estimate of drug-likeness (QED) is 0.199. The number of nitrogens with zero attached hydrogens (tertiary/aromatic N) is 2. The molecule has 2 aliphatic heterocycles. The summed E-state index contributed by atoms with van der Waals surface area (Å²) in [6, 6.07) is 19.1. The van der Waals surface area contributed by atoms with Crippen LogP contribution in [0.2, 0.25) is 0 Å². The van der Waals surface area contributed by atoms with Crippen molar-refractivity contribution < 1.29 is 23.7 Å². The zero-order valence-corrected chi connectivity index (χ0v) is 31.1. The van der Waals surface area contributed by atoms with E-state index in [0.717, 1.165) is 29.2 Å². The molecule has 0 spiro atoms. The lowest BCUT2D eigenvalue weighted by atomic mass is 9.43. The average molecular weight is 693 g/mol. The number of hydrogen-bond acceptors (Lipinski definition) is 7. The van der Waals surface area contributed by atoms with Crippen molar-refractivity contribution in [3.63, 3.8) is 0 Å². The van der Waals surface area contributed by atoms with E-state index >= 15 is 0 Å². The van der Waals surface area contributed by atoms with Gasteiger partial charge in [0.05, 0.1) is 29.4 Å². The van der Waals surface area contributed by atoms with Crippen molar-refractivity contribution in [2.45, 2.75) is 116 Å². The summed E-state index contributed by atoms with van der Waals surface area (Å²) in [7, 11) is -0.557. The summed E-state index contributed by atoms with van der Waals surface area (Å²) < 4.78 is 13.6. The van der Waals surface area contributed by atoms with Crippen molar-refractivity contribution in [3.8, 4) is 0 Å². The van der Waals surface area contributed by atoms with Gasteiger partial charge in [-0.25, -0.2) is 0 Å². The van der Waals surface area contributed by atoms with E-state index in [1.165, 1.54) is 0 Å². The van der Waals surface area contributed by atoms with Gasteiger partial charge in [0.2, 0.25) is 5.60 Å². The fraction of sp³-hybridized carbons (Fsp3) is 0.561. The van der Waals surface area contributed by atoms with E-state index in [1.807, 2.05) is 60.7 Å². The number of carbonyl (C=O) groups is 2. The standard InChI is InChI=1S/C41H53BN4O5/c1-25(2)19-31(44-37(47)36-30-16-12-11-15-28(30)17-18-43-36)32-24-41(51-46-32,23-27-13-9-8-10-14-27)38(48)45-35(20-26(3)4)42-49-34-22-29-21-33(39(29,5)6)40(34,7)50-42/h8-18,25-26,29,31,33-35H,19-24H2,1-7H3,(H,44,47)(H,45,48)/t29-,31-,33-,34+,35-,40-,41?/m0/s1. The van der Waals surface area contributed by atoms with Crippen LogP contribution in [0.4, 0.5) is 0 Å². The highest BCUT2D eigenvalue weighted by atomic mass is 16.7. The number of rotatable bonds is 12. The number of aromatic nitrogens is 1. The van der Waals surface area contributed by atoms with E-state index < -0.39 is 18.8 Å². The van der Waals surface area contributed by atoms with Gasteiger partial charge in [0.1, 0.15) is 5.69 Å². The first kappa shape index (κ1) is 35.6. The lowest BCUT2D eigenvalue weighted by Crippen LogP contribution is -2.65. The number of carbonyl (C=O) groups excluding carboxylic acids is 2. The summed E-state index contributed by atoms with van der Waals surface area (Å²) in [6.45, 7) is 15.4. The first-order chi connectivity index (χ1) is 24.3. The smallest absolute Gasteiger partial charge is 0.404 e. The van der Waals surface area contributed by atoms with Gasteiger partial charge in [-0.2, -0.15) is 0 Å². The number of pyridine rings is 1. The van der Waals surface area contributed by atoms with Crippen LogP contribution in [0.25, 0.3) is 10.8 Å². The second kappa shape index (κ2) is 13.7. The molecule has 1 aromatic heterocycles. The SMILES string of the molecule is CC(C)C[C@H](NC(=O)C1(Cc2ccccc2)CC([C@H](CC(C)C)NC(=O)c2nccc3ccccc23)=NO1)B1O[C@@H]2C[C@@H]3C[C@@H](C3(C)C)[C@]2(C)O1. The number of nitrogens with one attached hydrogen (secondary N) is 2. The van der Waals surface area contributed by atoms with E-state index in [2.05, 4.69) is 69.2 Å². The molecule has 1 unspecified atom stereocenters. The largest absolute Gasteiger partial charge is 0.481 e. The lowest BCUT2D eigenvalue weighted by Gasteiger charge is -2.64. The zero-order valence-electron chi connectivity index (χ0n) is 31.1. The van der Waals surface area contributed by atoms with Gasteiger partial charge in [-0.15, -0.1) is 0 Å². The number of hydrogen-bond donors (Lipinski definition) is 2. The Kier molecular flexibility index (Phi) is 9.55. The maximum absolute atomic E-state index is 14.8. The predicted molar refractivity (Wildman–Crippen MR) is 200 cm³/mol. The molecule has 2 aromatic carbocycles. The van der Waals surface area contributed by atoms with Crippen molar-refractivity contribution in [1.82, 2.24) is 15.6 Å². The zero-order chi connectivity index (χ0) is 36.1. The lowest BCUT2D eigenvalue weighted by molar-refractivity contribution is -0.199. The van der Waals surface area contributed by atoms with Gasteiger partial charge in [-0.05, 0) is 78.7 Å². The van der Waals surface area contributed by atoms with Gasteiger partial charge in [0, 0.05) is 24.4 Å². The number of fused-ring (bicyclic) bond motifs is 1. The molecule has 3 aromatic rings. The molecule has 2 bridgehead atoms. The van der Waals surface area contributed by atoms with E-state index in [0.29, 0.717) is 42.5 Å². The molecule has 9 nitrogen and oxygen atoms in total. The van der Waals surface area contributed by atoms with Crippen LogP contribution in [0, 0.1) is 29.1 Å². The highest BCUT2D eigenvalue weighted by Crippen LogP contribution is 2.65. The number of amides is 2. The van der Waals surface area contributed by atoms with Crippen molar-refractivity contribution >= 4 is 35.4 Å². The Morgan fingerprint density at radius 2 is 1.65 bits per heavy atom. The van der Waals surface area contributed by atoms with Crippen LogP contribution in [0.3, 0.4) is 0 Å². The highest BCUT2D eigenvalue weighted by molar-refractivity contribution is 6.48. The molecule has 5 aliphatic rings. The van der Waals surface area contributed by atoms with Crippen LogP contribution in [0.15, 0.2) is 72.0 Å². The fourth-order valence-corrected chi connectivity index (χ4v) is 9.31. The molecule has 10 heteroatoms. The average Bonchev–Trinajstić information content (AvgIpc) is 3.69. The second-order valence-electron chi connectivity index (χ2n) is 17.1. The number of oxime groups is 1. The minimum atomic E-state index is -1.32. The Labute approximate surface area is 302 Å². The van der Waals surface area contributed by atoms with Crippen LogP contribution in [-0.4, -0.2) is 58.9 Å². The first-order valence-corrected chi connectivity index (χ1v) is 18.9. The summed E-state index contributed by atoms with van der Waals surface area (Å²) in [5, 5.41) is 12.9. The van der Waals surface area contributed by atoms with E-state index in [1.54, 1.807) is 6.20 Å². The summed E-state index contributed by atoms with van der Waals surface area (Å²) in [5.41, 5.74) is 0.476. The Morgan fingerprint density at radius 1 is 0.922 bits per heavy atom. The molecular formula is C41H53BN4O5. The topological polar surface area (TPSA) is 111 Å². The van der Waals surface area contributed by atoms with Gasteiger partial charge < -0.3 is 24.8 Å². The van der Waals surface area contributed by atoms with E-state index in [4.69, 9.17) is 14.1 Å². The minimum absolute atomic E-state index is 0.0124. The van der Waals surface area contributed by atoms with Crippen LogP contribution in [0.5, 0.6) is 0 Å². The third kappa shape index (κ3) is 6.70. The van der Waals surface area contributed by atoms with Crippen molar-refractivity contribution in [1.29, 1.82) is 0 Å². The molecule has 270 valence electrons. The Morgan fingerprint density at radius 3 is 2.37 bits per heavy atom. The molecule has 3 aliphatic carbocycles. The Hall–Kier alpha value is -3.76. The maximum atomic E-state index is 14.8. The Bertz CT molecular complexity index is 1790. The molecule has 0 radical (unpaired) electrons. The molecule has 2 amide bonds. The maximum Gasteiger partial charge on any atom is 0.481 e. The molecule has 51 heavy (non-hydrogen) atoms. The summed E-state index contributed by atoms with van der Waals surface area (Å²) in [4.78, 5) is 39.3. The normalized spacial score (nSPS) is 28.8. The van der Waals surface area contributed by atoms with Crippen molar-refractivity contribution in [2.24, 2.45) is 34.2 Å². The molecule has 2 N–H and O–H groups in total. The van der Waals surface area contributed by atoms with E-state index in [9.17, 15) is 9.59 Å². The molecule has 4 fully saturated rings. The van der Waals surface area contributed by atoms with Gasteiger partial charge in [-0.1, -0.05) is 101 Å². The molecule has 3 heterocycles. The van der Waals surface area contributed by atoms with Crippen LogP contribution in [0.1, 0.15) is 96.6 Å². The Balaban J connectivity index is 1.14. The predicted octanol–water partition coefficient (Wildman–Crippen LogP) is 6.94. The van der Waals surface area contributed by atoms with Gasteiger partial charge in [0.25, 0.3) is 11.8 Å². The minimum Gasteiger partial charge on any atom is -0.404 e. The second-order valence-corrected chi connectivity index (χ2v) is 17.1. The third-order valence-electron chi connectivity index (χ3n) is 12.2. The van der Waals surface area contributed by atoms with Gasteiger partial charge >= 0.3 is 7.12 Å². The van der Waals surface area contributed by atoms with Crippen molar-refractivity contribution in [3.05, 3.63) is 78.1 Å². The molecule has 7 atom stereocenters. The highest BCUT2D eigenvalue weighted by Gasteiger charge is 2.68. The molecule has 3 saturated carbocycles. The number of benzene rings is 2. The van der Waals surface area contributed by atoms with Crippen LogP contribution >= 0.6 is 0 Å². The van der Waals surface area contributed by atoms with Gasteiger partial charge in [-0.3, -0.25) is 14.6 Å².